The molecule has 1 aromatic carbocycles. The first kappa shape index (κ1) is 8.91. The van der Waals surface area contributed by atoms with E-state index in [4.69, 9.17) is 9.79 Å². The number of thiophene rings is 1. The van der Waals surface area contributed by atoms with Gasteiger partial charge in [-0.3, -0.25) is 4.57 Å². The van der Waals surface area contributed by atoms with Crippen molar-refractivity contribution in [2.45, 2.75) is 0 Å². The molecule has 3 nitrogen and oxygen atoms in total. The predicted octanol–water partition coefficient (Wildman–Crippen LogP) is 1.70. The molecule has 0 spiro atoms. The van der Waals surface area contributed by atoms with E-state index in [2.05, 4.69) is 0 Å². The Morgan fingerprint density at radius 2 is 1.92 bits per heavy atom. The van der Waals surface area contributed by atoms with Crippen LogP contribution >= 0.6 is 18.9 Å². The highest BCUT2D eigenvalue weighted by molar-refractivity contribution is 7.61. The summed E-state index contributed by atoms with van der Waals surface area (Å²) < 4.78 is 11.9. The third-order valence-corrected chi connectivity index (χ3v) is 3.91. The maximum absolute atomic E-state index is 11.0. The average Bonchev–Trinajstić information content (AvgIpc) is 2.45. The number of fused-ring (bicyclic) bond motifs is 1. The van der Waals surface area contributed by atoms with Crippen LogP contribution in [0.5, 0.6) is 0 Å². The predicted molar refractivity (Wildman–Crippen MR) is 53.5 cm³/mol. The van der Waals surface area contributed by atoms with Gasteiger partial charge in [-0.15, -0.1) is 11.3 Å². The molecule has 68 valence electrons. The van der Waals surface area contributed by atoms with Gasteiger partial charge >= 0.3 is 7.60 Å². The number of hydrogen-bond donors (Lipinski definition) is 2. The second-order valence-corrected chi connectivity index (χ2v) is 5.14. The molecule has 2 aromatic rings. The molecule has 0 atom stereocenters. The molecular formula is C8H7O3PS. The van der Waals surface area contributed by atoms with Crippen LogP contribution in [0.4, 0.5) is 0 Å². The zero-order valence-corrected chi connectivity index (χ0v) is 8.26. The number of rotatable bonds is 1. The van der Waals surface area contributed by atoms with E-state index in [1.54, 1.807) is 12.1 Å². The van der Waals surface area contributed by atoms with Gasteiger partial charge in [0.05, 0.1) is 5.30 Å². The van der Waals surface area contributed by atoms with Gasteiger partial charge in [0, 0.05) is 15.5 Å². The van der Waals surface area contributed by atoms with Crippen molar-refractivity contribution < 1.29 is 14.4 Å². The fourth-order valence-electron chi connectivity index (χ4n) is 1.19. The molecule has 0 fully saturated rings. The van der Waals surface area contributed by atoms with Crippen LogP contribution in [0.15, 0.2) is 29.6 Å². The largest absolute Gasteiger partial charge is 0.357 e. The van der Waals surface area contributed by atoms with Crippen LogP contribution in [-0.2, 0) is 4.57 Å². The lowest BCUT2D eigenvalue weighted by Crippen LogP contribution is -2.00. The van der Waals surface area contributed by atoms with Gasteiger partial charge < -0.3 is 9.79 Å². The van der Waals surface area contributed by atoms with Crippen molar-refractivity contribution in [2.75, 3.05) is 0 Å². The maximum atomic E-state index is 11.0. The van der Waals surface area contributed by atoms with Gasteiger partial charge in [0.1, 0.15) is 0 Å². The standard InChI is InChI=1S/C8H7O3PS/c9-12(10,11)7-5-13-8-4-2-1-3-6(7)8/h1-5H,(H2,9,10,11). The summed E-state index contributed by atoms with van der Waals surface area (Å²) in [6, 6.07) is 7.19. The molecule has 1 aromatic heterocycles. The summed E-state index contributed by atoms with van der Waals surface area (Å²) in [4.78, 5) is 18.0. The first-order valence-corrected chi connectivity index (χ1v) is 6.10. The van der Waals surface area contributed by atoms with E-state index in [0.717, 1.165) is 4.70 Å². The normalized spacial score (nSPS) is 12.2. The summed E-state index contributed by atoms with van der Waals surface area (Å²) in [5, 5.41) is 2.31. The Labute approximate surface area is 78.8 Å². The third-order valence-electron chi connectivity index (χ3n) is 1.77. The zero-order valence-electron chi connectivity index (χ0n) is 6.54. The van der Waals surface area contributed by atoms with E-state index in [9.17, 15) is 4.57 Å². The molecule has 0 aliphatic rings. The van der Waals surface area contributed by atoms with Crippen molar-refractivity contribution in [3.05, 3.63) is 29.6 Å². The lowest BCUT2D eigenvalue weighted by Gasteiger charge is -2.00. The topological polar surface area (TPSA) is 57.5 Å². The molecule has 0 saturated carbocycles. The second-order valence-electron chi connectivity index (χ2n) is 2.66. The van der Waals surface area contributed by atoms with Crippen LogP contribution in [0.3, 0.4) is 0 Å². The Morgan fingerprint density at radius 1 is 1.23 bits per heavy atom. The van der Waals surface area contributed by atoms with Crippen LogP contribution in [-0.4, -0.2) is 9.79 Å². The average molecular weight is 214 g/mol. The van der Waals surface area contributed by atoms with E-state index in [0.29, 0.717) is 5.39 Å². The smallest absolute Gasteiger partial charge is 0.321 e. The summed E-state index contributed by atoms with van der Waals surface area (Å²) in [6.45, 7) is 0. The van der Waals surface area contributed by atoms with Crippen molar-refractivity contribution in [3.63, 3.8) is 0 Å². The van der Waals surface area contributed by atoms with Crippen LogP contribution in [0, 0.1) is 0 Å². The molecule has 1 heterocycles. The highest BCUT2D eigenvalue weighted by atomic mass is 32.1. The fourth-order valence-corrected chi connectivity index (χ4v) is 3.31. The summed E-state index contributed by atoms with van der Waals surface area (Å²) in [5.41, 5.74) is 0. The minimum absolute atomic E-state index is 0.133. The first-order valence-electron chi connectivity index (χ1n) is 3.61. The molecule has 2 N–H and O–H groups in total. The fraction of sp³-hybridized carbons (Fsp3) is 0. The molecule has 0 radical (unpaired) electrons. The summed E-state index contributed by atoms with van der Waals surface area (Å²) in [5.74, 6) is 0. The zero-order chi connectivity index (χ0) is 9.47. The van der Waals surface area contributed by atoms with Gasteiger partial charge in [0.15, 0.2) is 0 Å². The molecular weight excluding hydrogens is 207 g/mol. The van der Waals surface area contributed by atoms with Gasteiger partial charge in [0.2, 0.25) is 0 Å². The van der Waals surface area contributed by atoms with Gasteiger partial charge in [-0.1, -0.05) is 18.2 Å². The van der Waals surface area contributed by atoms with Crippen LogP contribution < -0.4 is 5.30 Å². The molecule has 2 rings (SSSR count). The van der Waals surface area contributed by atoms with Crippen molar-refractivity contribution in [2.24, 2.45) is 0 Å². The van der Waals surface area contributed by atoms with Crippen molar-refractivity contribution in [3.8, 4) is 0 Å². The maximum Gasteiger partial charge on any atom is 0.357 e. The molecule has 0 bridgehead atoms. The number of benzene rings is 1. The lowest BCUT2D eigenvalue weighted by atomic mass is 10.3. The molecule has 0 amide bonds. The van der Waals surface area contributed by atoms with Crippen LogP contribution in [0.2, 0.25) is 0 Å². The Hall–Kier alpha value is -0.670. The molecule has 0 aliphatic heterocycles. The molecule has 0 aliphatic carbocycles. The quantitative estimate of drug-likeness (QED) is 0.710. The van der Waals surface area contributed by atoms with E-state index < -0.39 is 7.60 Å². The summed E-state index contributed by atoms with van der Waals surface area (Å²) in [6.07, 6.45) is 0. The first-order chi connectivity index (χ1) is 6.09. The Balaban J connectivity index is 2.79. The Bertz CT molecular complexity index is 485. The molecule has 5 heteroatoms. The minimum atomic E-state index is -4.11. The van der Waals surface area contributed by atoms with E-state index in [-0.39, 0.29) is 5.30 Å². The lowest BCUT2D eigenvalue weighted by molar-refractivity contribution is 0.388. The van der Waals surface area contributed by atoms with E-state index in [1.807, 2.05) is 12.1 Å². The van der Waals surface area contributed by atoms with Gasteiger partial charge in [-0.25, -0.2) is 0 Å². The molecule has 13 heavy (non-hydrogen) atoms. The van der Waals surface area contributed by atoms with Crippen LogP contribution in [0.25, 0.3) is 10.1 Å². The SMILES string of the molecule is O=P(O)(O)c1csc2ccccc12. The Morgan fingerprint density at radius 3 is 2.62 bits per heavy atom. The summed E-state index contributed by atoms with van der Waals surface area (Å²) in [7, 11) is -4.11. The van der Waals surface area contributed by atoms with Gasteiger partial charge in [0.25, 0.3) is 0 Å². The molecule has 0 saturated heterocycles. The van der Waals surface area contributed by atoms with Crippen molar-refractivity contribution >= 4 is 34.3 Å². The van der Waals surface area contributed by atoms with Crippen LogP contribution in [0.1, 0.15) is 0 Å². The monoisotopic (exact) mass is 214 g/mol. The minimum Gasteiger partial charge on any atom is -0.321 e. The Kier molecular flexibility index (Phi) is 2.00. The van der Waals surface area contributed by atoms with Gasteiger partial charge in [-0.05, 0) is 6.07 Å². The highest BCUT2D eigenvalue weighted by Crippen LogP contribution is 2.38. The second kappa shape index (κ2) is 2.93. The van der Waals surface area contributed by atoms with Gasteiger partial charge in [-0.2, -0.15) is 0 Å². The van der Waals surface area contributed by atoms with Crippen molar-refractivity contribution in [1.29, 1.82) is 0 Å². The molecule has 0 unspecified atom stereocenters. The third kappa shape index (κ3) is 1.54. The highest BCUT2D eigenvalue weighted by Gasteiger charge is 2.21. The number of hydrogen-bond acceptors (Lipinski definition) is 2. The van der Waals surface area contributed by atoms with Crippen molar-refractivity contribution in [1.82, 2.24) is 0 Å². The summed E-state index contributed by atoms with van der Waals surface area (Å²) >= 11 is 1.35. The van der Waals surface area contributed by atoms with E-state index >= 15 is 0 Å². The van der Waals surface area contributed by atoms with E-state index in [1.165, 1.54) is 16.7 Å².